The highest BCUT2D eigenvalue weighted by molar-refractivity contribution is 6.30. The third kappa shape index (κ3) is 4.29. The summed E-state index contributed by atoms with van der Waals surface area (Å²) >= 11 is 5.85. The van der Waals surface area contributed by atoms with E-state index >= 15 is 0 Å². The van der Waals surface area contributed by atoms with Crippen molar-refractivity contribution >= 4 is 23.2 Å². The van der Waals surface area contributed by atoms with Crippen molar-refractivity contribution in [2.75, 3.05) is 5.32 Å². The predicted molar refractivity (Wildman–Crippen MR) is 105 cm³/mol. The van der Waals surface area contributed by atoms with Gasteiger partial charge >= 0.3 is 0 Å². The zero-order valence-electron chi connectivity index (χ0n) is 15.5. The molecule has 0 fully saturated rings. The molecule has 2 aromatic carbocycles. The molecule has 31 heavy (non-hydrogen) atoms. The van der Waals surface area contributed by atoms with Crippen LogP contribution in [0.25, 0.3) is 11.3 Å². The molecule has 1 amide bonds. The summed E-state index contributed by atoms with van der Waals surface area (Å²) in [4.78, 5) is 12.4. The molecule has 0 aliphatic heterocycles. The molecule has 0 atom stereocenters. The highest BCUT2D eigenvalue weighted by atomic mass is 35.5. The fraction of sp³-hybridized carbons (Fsp3) is 0.0500. The minimum atomic E-state index is -1.77. The van der Waals surface area contributed by atoms with Gasteiger partial charge in [0.05, 0.1) is 24.1 Å². The molecule has 0 saturated heterocycles. The number of hydrogen-bond acceptors (Lipinski definition) is 3. The fourth-order valence-corrected chi connectivity index (χ4v) is 2.96. The number of carbonyl (C=O) groups is 1. The number of hydrogen-bond donors (Lipinski definition) is 2. The summed E-state index contributed by atoms with van der Waals surface area (Å²) in [5, 5.41) is 13.7. The lowest BCUT2D eigenvalue weighted by atomic mass is 10.1. The molecule has 0 aliphatic carbocycles. The van der Waals surface area contributed by atoms with Gasteiger partial charge in [0, 0.05) is 28.4 Å². The third-order valence-corrected chi connectivity index (χ3v) is 4.63. The Morgan fingerprint density at radius 1 is 1.06 bits per heavy atom. The van der Waals surface area contributed by atoms with Crippen LogP contribution < -0.4 is 5.32 Å². The first-order valence-electron chi connectivity index (χ1n) is 8.79. The number of H-pyrrole nitrogens is 1. The second-order valence-electron chi connectivity index (χ2n) is 6.50. The normalized spacial score (nSPS) is 11.0. The van der Waals surface area contributed by atoms with Gasteiger partial charge in [0.1, 0.15) is 11.5 Å². The van der Waals surface area contributed by atoms with Gasteiger partial charge in [-0.25, -0.2) is 17.6 Å². The Bertz CT molecular complexity index is 1270. The minimum absolute atomic E-state index is 0.162. The van der Waals surface area contributed by atoms with Gasteiger partial charge in [0.2, 0.25) is 0 Å². The van der Waals surface area contributed by atoms with Crippen LogP contribution in [-0.4, -0.2) is 25.9 Å². The molecule has 0 bridgehead atoms. The lowest BCUT2D eigenvalue weighted by molar-refractivity contribution is 0.102. The number of nitrogens with one attached hydrogen (secondary N) is 2. The van der Waals surface area contributed by atoms with Crippen LogP contribution >= 0.6 is 11.6 Å². The summed E-state index contributed by atoms with van der Waals surface area (Å²) in [5.41, 5.74) is 0.970. The topological polar surface area (TPSA) is 75.6 Å². The summed E-state index contributed by atoms with van der Waals surface area (Å²) in [6.45, 7) is -0.504. The van der Waals surface area contributed by atoms with Crippen molar-refractivity contribution in [3.05, 3.63) is 88.3 Å². The number of carbonyl (C=O) groups excluding carboxylic acids is 1. The fourth-order valence-electron chi connectivity index (χ4n) is 2.83. The molecule has 0 spiro atoms. The molecule has 4 aromatic rings. The molecule has 11 heteroatoms. The van der Waals surface area contributed by atoms with E-state index in [-0.39, 0.29) is 17.4 Å². The van der Waals surface area contributed by atoms with Gasteiger partial charge < -0.3 is 5.32 Å². The Balaban J connectivity index is 1.47. The number of amides is 1. The molecule has 0 aliphatic rings. The van der Waals surface area contributed by atoms with Gasteiger partial charge in [-0.2, -0.15) is 10.2 Å². The summed E-state index contributed by atoms with van der Waals surface area (Å²) in [7, 11) is 0. The molecule has 4 rings (SSSR count). The Morgan fingerprint density at radius 2 is 1.81 bits per heavy atom. The maximum absolute atomic E-state index is 13.8. The van der Waals surface area contributed by atoms with Crippen LogP contribution in [0.15, 0.2) is 48.8 Å². The predicted octanol–water partition coefficient (Wildman–Crippen LogP) is 4.78. The van der Waals surface area contributed by atoms with Gasteiger partial charge in [0.25, 0.3) is 5.91 Å². The number of anilines is 1. The third-order valence-electron chi connectivity index (χ3n) is 4.38. The number of halogens is 5. The highest BCUT2D eigenvalue weighted by Gasteiger charge is 2.20. The first-order chi connectivity index (χ1) is 14.8. The standard InChI is InChI=1S/C20H12ClF4N5O/c21-11-3-1-10(2-4-11)16-6-17(29-28-16)20(31)27-12-7-26-30(8-12)9-13-14(22)5-15(23)19(25)18(13)24/h1-8H,9H2,(H,27,31)(H,28,29). The Hall–Kier alpha value is -3.66. The monoisotopic (exact) mass is 449 g/mol. The second kappa shape index (κ2) is 8.23. The van der Waals surface area contributed by atoms with Gasteiger partial charge in [-0.15, -0.1) is 0 Å². The van der Waals surface area contributed by atoms with Crippen molar-refractivity contribution in [3.8, 4) is 11.3 Å². The van der Waals surface area contributed by atoms with E-state index < -0.39 is 41.3 Å². The van der Waals surface area contributed by atoms with E-state index in [9.17, 15) is 22.4 Å². The van der Waals surface area contributed by atoms with Crippen molar-refractivity contribution in [1.29, 1.82) is 0 Å². The van der Waals surface area contributed by atoms with Crippen LogP contribution in [0, 0.1) is 23.3 Å². The maximum atomic E-state index is 13.8. The number of benzene rings is 2. The van der Waals surface area contributed by atoms with Gasteiger partial charge in [-0.1, -0.05) is 23.7 Å². The number of rotatable bonds is 5. The zero-order chi connectivity index (χ0) is 22.1. The Kier molecular flexibility index (Phi) is 5.47. The van der Waals surface area contributed by atoms with Crippen molar-refractivity contribution in [2.45, 2.75) is 6.54 Å². The maximum Gasteiger partial charge on any atom is 0.273 e. The van der Waals surface area contributed by atoms with Gasteiger partial charge in [0.15, 0.2) is 17.5 Å². The summed E-state index contributed by atoms with van der Waals surface area (Å²) < 4.78 is 55.1. The molecule has 0 radical (unpaired) electrons. The van der Waals surface area contributed by atoms with Crippen molar-refractivity contribution in [2.24, 2.45) is 0 Å². The molecular formula is C20H12ClF4N5O. The van der Waals surface area contributed by atoms with E-state index in [2.05, 4.69) is 20.6 Å². The van der Waals surface area contributed by atoms with Gasteiger partial charge in [-0.3, -0.25) is 14.6 Å². The van der Waals surface area contributed by atoms with Crippen LogP contribution in [0.3, 0.4) is 0 Å². The lowest BCUT2D eigenvalue weighted by Gasteiger charge is -2.06. The summed E-state index contributed by atoms with van der Waals surface area (Å²) in [6, 6.07) is 8.68. The Labute approximate surface area is 177 Å². The van der Waals surface area contributed by atoms with Crippen molar-refractivity contribution < 1.29 is 22.4 Å². The van der Waals surface area contributed by atoms with E-state index in [0.29, 0.717) is 10.7 Å². The largest absolute Gasteiger partial charge is 0.318 e. The average molecular weight is 450 g/mol. The summed E-state index contributed by atoms with van der Waals surface area (Å²) in [6.07, 6.45) is 2.53. The molecule has 0 saturated carbocycles. The van der Waals surface area contributed by atoms with Crippen LogP contribution in [0.2, 0.25) is 5.02 Å². The van der Waals surface area contributed by atoms with Crippen molar-refractivity contribution in [3.63, 3.8) is 0 Å². The molecule has 158 valence electrons. The Morgan fingerprint density at radius 3 is 2.55 bits per heavy atom. The van der Waals surface area contributed by atoms with E-state index in [1.165, 1.54) is 18.5 Å². The van der Waals surface area contributed by atoms with Gasteiger partial charge in [-0.05, 0) is 18.2 Å². The van der Waals surface area contributed by atoms with Crippen LogP contribution in [0.1, 0.15) is 16.1 Å². The second-order valence-corrected chi connectivity index (χ2v) is 6.94. The van der Waals surface area contributed by atoms with Crippen molar-refractivity contribution in [1.82, 2.24) is 20.0 Å². The SMILES string of the molecule is O=C(Nc1cnn(Cc2c(F)cc(F)c(F)c2F)c1)c1cc(-c2ccc(Cl)cc2)n[nH]1. The van der Waals surface area contributed by atoms with E-state index in [0.717, 1.165) is 10.2 Å². The minimum Gasteiger partial charge on any atom is -0.318 e. The molecule has 2 heterocycles. The molecular weight excluding hydrogens is 438 g/mol. The molecule has 6 nitrogen and oxygen atoms in total. The van der Waals surface area contributed by atoms with Crippen LogP contribution in [0.5, 0.6) is 0 Å². The zero-order valence-corrected chi connectivity index (χ0v) is 16.2. The lowest BCUT2D eigenvalue weighted by Crippen LogP contribution is -2.12. The van der Waals surface area contributed by atoms with Crippen LogP contribution in [0.4, 0.5) is 23.2 Å². The molecule has 0 unspecified atom stereocenters. The quantitative estimate of drug-likeness (QED) is 0.261. The first kappa shape index (κ1) is 20.6. The molecule has 2 N–H and O–H groups in total. The van der Waals surface area contributed by atoms with Crippen LogP contribution in [-0.2, 0) is 6.54 Å². The average Bonchev–Trinajstić information content (AvgIpc) is 3.40. The number of aromatic nitrogens is 4. The number of aromatic amines is 1. The highest BCUT2D eigenvalue weighted by Crippen LogP contribution is 2.22. The summed E-state index contributed by atoms with van der Waals surface area (Å²) in [5.74, 6) is -6.80. The smallest absolute Gasteiger partial charge is 0.273 e. The number of nitrogens with zero attached hydrogens (tertiary/aromatic N) is 3. The van der Waals surface area contributed by atoms with E-state index in [4.69, 9.17) is 11.6 Å². The first-order valence-corrected chi connectivity index (χ1v) is 9.16. The van der Waals surface area contributed by atoms with E-state index in [1.54, 1.807) is 24.3 Å². The molecule has 2 aromatic heterocycles. The van der Waals surface area contributed by atoms with E-state index in [1.807, 2.05) is 0 Å².